The normalized spacial score (nSPS) is 21.0. The van der Waals surface area contributed by atoms with Gasteiger partial charge in [0.2, 0.25) is 11.8 Å². The number of hydrogen-bond donors (Lipinski definition) is 1. The van der Waals surface area contributed by atoms with E-state index in [1.54, 1.807) is 0 Å². The first-order chi connectivity index (χ1) is 15.1. The van der Waals surface area contributed by atoms with Gasteiger partial charge in [-0.3, -0.25) is 14.4 Å². The predicted molar refractivity (Wildman–Crippen MR) is 118 cm³/mol. The molecule has 0 radical (unpaired) electrons. The molecule has 1 saturated carbocycles. The first kappa shape index (κ1) is 21.5. The van der Waals surface area contributed by atoms with Crippen LogP contribution in [0.15, 0.2) is 35.4 Å². The molecule has 0 bridgehead atoms. The molecule has 31 heavy (non-hydrogen) atoms. The van der Waals surface area contributed by atoms with E-state index >= 15 is 0 Å². The number of nitrogens with zero attached hydrogens (tertiary/aromatic N) is 3. The van der Waals surface area contributed by atoms with Crippen LogP contribution in [-0.4, -0.2) is 52.5 Å². The fourth-order valence-electron chi connectivity index (χ4n) is 4.73. The molecule has 3 aliphatic rings. The Bertz CT molecular complexity index is 824. The molecule has 0 spiro atoms. The van der Waals surface area contributed by atoms with E-state index in [0.717, 1.165) is 44.1 Å². The Labute approximate surface area is 183 Å². The van der Waals surface area contributed by atoms with E-state index in [2.05, 4.69) is 10.4 Å². The number of benzene rings is 1. The fourth-order valence-corrected chi connectivity index (χ4v) is 4.73. The monoisotopic (exact) mass is 424 g/mol. The summed E-state index contributed by atoms with van der Waals surface area (Å²) < 4.78 is 0. The molecule has 7 heteroatoms. The molecule has 1 N–H and O–H groups in total. The molecule has 2 heterocycles. The number of likely N-dealkylation sites (tertiary alicyclic amines) is 1. The Morgan fingerprint density at radius 2 is 1.68 bits per heavy atom. The van der Waals surface area contributed by atoms with Crippen molar-refractivity contribution in [2.75, 3.05) is 13.1 Å². The highest BCUT2D eigenvalue weighted by Crippen LogP contribution is 2.24. The number of nitrogens with one attached hydrogen (secondary N) is 1. The zero-order valence-corrected chi connectivity index (χ0v) is 18.1. The number of rotatable bonds is 5. The Morgan fingerprint density at radius 3 is 2.39 bits per heavy atom. The second-order valence-electron chi connectivity index (χ2n) is 8.89. The van der Waals surface area contributed by atoms with Crippen molar-refractivity contribution in [2.24, 2.45) is 11.0 Å². The Hall–Kier alpha value is -2.70. The van der Waals surface area contributed by atoms with Crippen LogP contribution in [0.5, 0.6) is 0 Å². The SMILES string of the molecule is O=C(NC1CCN(C(=O)C2=NN(Cc3ccccc3)C(=O)CC2)CC1)C1CCCCC1. The summed E-state index contributed by atoms with van der Waals surface area (Å²) in [7, 11) is 0. The van der Waals surface area contributed by atoms with E-state index in [0.29, 0.717) is 38.2 Å². The van der Waals surface area contributed by atoms with Gasteiger partial charge in [0.1, 0.15) is 5.71 Å². The molecule has 0 atom stereocenters. The highest BCUT2D eigenvalue weighted by atomic mass is 16.2. The van der Waals surface area contributed by atoms with Crippen molar-refractivity contribution in [3.05, 3.63) is 35.9 Å². The van der Waals surface area contributed by atoms with Crippen molar-refractivity contribution in [2.45, 2.75) is 70.4 Å². The van der Waals surface area contributed by atoms with Crippen molar-refractivity contribution in [1.82, 2.24) is 15.2 Å². The van der Waals surface area contributed by atoms with Gasteiger partial charge in [-0.2, -0.15) is 5.10 Å². The largest absolute Gasteiger partial charge is 0.353 e. The molecule has 1 aliphatic carbocycles. The molecule has 166 valence electrons. The lowest BCUT2D eigenvalue weighted by Gasteiger charge is -2.34. The van der Waals surface area contributed by atoms with Gasteiger partial charge in [-0.05, 0) is 31.2 Å². The molecule has 0 unspecified atom stereocenters. The highest BCUT2D eigenvalue weighted by Gasteiger charge is 2.31. The minimum absolute atomic E-state index is 0.0514. The molecule has 3 amide bonds. The Balaban J connectivity index is 1.30. The van der Waals surface area contributed by atoms with Crippen molar-refractivity contribution in [3.8, 4) is 0 Å². The van der Waals surface area contributed by atoms with Crippen molar-refractivity contribution in [3.63, 3.8) is 0 Å². The molecule has 2 fully saturated rings. The number of hydrogen-bond acceptors (Lipinski definition) is 4. The zero-order chi connectivity index (χ0) is 21.6. The maximum Gasteiger partial charge on any atom is 0.270 e. The number of amides is 3. The third kappa shape index (κ3) is 5.51. The first-order valence-corrected chi connectivity index (χ1v) is 11.6. The molecule has 1 aromatic carbocycles. The van der Waals surface area contributed by atoms with Gasteiger partial charge in [-0.1, -0.05) is 49.6 Å². The number of hydrazone groups is 1. The topological polar surface area (TPSA) is 82.1 Å². The van der Waals surface area contributed by atoms with E-state index < -0.39 is 0 Å². The smallest absolute Gasteiger partial charge is 0.270 e. The summed E-state index contributed by atoms with van der Waals surface area (Å²) >= 11 is 0. The number of carbonyl (C=O) groups is 3. The quantitative estimate of drug-likeness (QED) is 0.789. The fraction of sp³-hybridized carbons (Fsp3) is 0.583. The van der Waals surface area contributed by atoms with Gasteiger partial charge in [0, 0.05) is 37.9 Å². The molecular formula is C24H32N4O3. The molecule has 1 saturated heterocycles. The lowest BCUT2D eigenvalue weighted by atomic mass is 9.88. The maximum atomic E-state index is 13.0. The molecule has 7 nitrogen and oxygen atoms in total. The maximum absolute atomic E-state index is 13.0. The first-order valence-electron chi connectivity index (χ1n) is 11.6. The summed E-state index contributed by atoms with van der Waals surface area (Å²) in [5, 5.41) is 9.03. The van der Waals surface area contributed by atoms with Crippen molar-refractivity contribution < 1.29 is 14.4 Å². The van der Waals surface area contributed by atoms with Crippen LogP contribution in [0.1, 0.15) is 63.4 Å². The lowest BCUT2D eigenvalue weighted by Crippen LogP contribution is -2.50. The minimum Gasteiger partial charge on any atom is -0.353 e. The minimum atomic E-state index is -0.0809. The standard InChI is InChI=1S/C24H32N4O3/c29-22-12-11-21(26-28(22)17-18-7-3-1-4-8-18)24(31)27-15-13-20(14-16-27)25-23(30)19-9-5-2-6-10-19/h1,3-4,7-8,19-20H,2,5-6,9-17H2,(H,25,30). The van der Waals surface area contributed by atoms with Gasteiger partial charge < -0.3 is 10.2 Å². The van der Waals surface area contributed by atoms with E-state index in [4.69, 9.17) is 0 Å². The van der Waals surface area contributed by atoms with Gasteiger partial charge in [-0.15, -0.1) is 0 Å². The predicted octanol–water partition coefficient (Wildman–Crippen LogP) is 2.85. The van der Waals surface area contributed by atoms with Crippen LogP contribution >= 0.6 is 0 Å². The summed E-state index contributed by atoms with van der Waals surface area (Å²) in [5.74, 6) is 0.224. The third-order valence-electron chi connectivity index (χ3n) is 6.63. The molecule has 1 aromatic rings. The molecule has 4 rings (SSSR count). The van der Waals surface area contributed by atoms with Gasteiger partial charge in [0.15, 0.2) is 0 Å². The summed E-state index contributed by atoms with van der Waals surface area (Å²) in [6, 6.07) is 9.83. The average Bonchev–Trinajstić information content (AvgIpc) is 2.82. The summed E-state index contributed by atoms with van der Waals surface area (Å²) in [6.07, 6.45) is 7.78. The van der Waals surface area contributed by atoms with E-state index in [9.17, 15) is 14.4 Å². The van der Waals surface area contributed by atoms with Gasteiger partial charge in [0.25, 0.3) is 5.91 Å². The van der Waals surface area contributed by atoms with Crippen LogP contribution in [-0.2, 0) is 20.9 Å². The molecule has 0 aromatic heterocycles. The highest BCUT2D eigenvalue weighted by molar-refractivity contribution is 6.39. The van der Waals surface area contributed by atoms with E-state index in [1.807, 2.05) is 35.2 Å². The van der Waals surface area contributed by atoms with Crippen LogP contribution in [0.4, 0.5) is 0 Å². The Kier molecular flexibility index (Phi) is 6.99. The van der Waals surface area contributed by atoms with Crippen LogP contribution in [0.2, 0.25) is 0 Å². The summed E-state index contributed by atoms with van der Waals surface area (Å²) in [5.41, 5.74) is 1.45. The molecular weight excluding hydrogens is 392 g/mol. The van der Waals surface area contributed by atoms with Crippen LogP contribution in [0.3, 0.4) is 0 Å². The number of carbonyl (C=O) groups excluding carboxylic acids is 3. The summed E-state index contributed by atoms with van der Waals surface area (Å²) in [4.78, 5) is 39.6. The third-order valence-corrected chi connectivity index (χ3v) is 6.63. The second-order valence-corrected chi connectivity index (χ2v) is 8.89. The molecule has 2 aliphatic heterocycles. The average molecular weight is 425 g/mol. The van der Waals surface area contributed by atoms with Gasteiger partial charge >= 0.3 is 0 Å². The Morgan fingerprint density at radius 1 is 0.968 bits per heavy atom. The van der Waals surface area contributed by atoms with Gasteiger partial charge in [-0.25, -0.2) is 5.01 Å². The second kappa shape index (κ2) is 10.1. The summed E-state index contributed by atoms with van der Waals surface area (Å²) in [6.45, 7) is 1.60. The van der Waals surface area contributed by atoms with E-state index in [1.165, 1.54) is 11.4 Å². The lowest BCUT2D eigenvalue weighted by molar-refractivity contribution is -0.132. The van der Waals surface area contributed by atoms with Crippen LogP contribution < -0.4 is 5.32 Å². The van der Waals surface area contributed by atoms with Crippen LogP contribution in [0, 0.1) is 5.92 Å². The number of piperidine rings is 1. The van der Waals surface area contributed by atoms with Crippen LogP contribution in [0.25, 0.3) is 0 Å². The van der Waals surface area contributed by atoms with Crippen molar-refractivity contribution in [1.29, 1.82) is 0 Å². The van der Waals surface area contributed by atoms with E-state index in [-0.39, 0.29) is 29.7 Å². The van der Waals surface area contributed by atoms with Gasteiger partial charge in [0.05, 0.1) is 6.54 Å². The zero-order valence-electron chi connectivity index (χ0n) is 18.1. The van der Waals surface area contributed by atoms with Crippen molar-refractivity contribution >= 4 is 23.4 Å².